The lowest BCUT2D eigenvalue weighted by Crippen LogP contribution is -2.30. The molecule has 0 bridgehead atoms. The fourth-order valence-corrected chi connectivity index (χ4v) is 1.88. The summed E-state index contributed by atoms with van der Waals surface area (Å²) in [7, 11) is 1.57. The van der Waals surface area contributed by atoms with Gasteiger partial charge in [0.2, 0.25) is 0 Å². The highest BCUT2D eigenvalue weighted by molar-refractivity contribution is 6.32. The van der Waals surface area contributed by atoms with E-state index in [0.29, 0.717) is 18.7 Å². The largest absolute Gasteiger partial charge is 0.396 e. The Morgan fingerprint density at radius 2 is 2.26 bits per heavy atom. The Balaban J connectivity index is 2.95. The lowest BCUT2D eigenvalue weighted by atomic mass is 10.2. The van der Waals surface area contributed by atoms with Gasteiger partial charge < -0.3 is 15.2 Å². The smallest absolute Gasteiger partial charge is 0.287 e. The third kappa shape index (κ3) is 4.19. The van der Waals surface area contributed by atoms with Crippen LogP contribution in [0.4, 0.5) is 5.69 Å². The fraction of sp³-hybridized carbons (Fsp3) is 0.667. The SMILES string of the molecule is COCC(CCO)Nc1cnn(C(C)C)c(=O)c1Cl. The molecule has 6 nitrogen and oxygen atoms in total. The second-order valence-electron chi connectivity index (χ2n) is 4.52. The van der Waals surface area contributed by atoms with Crippen LogP contribution in [0.2, 0.25) is 5.02 Å². The standard InChI is InChI=1S/C12H20ClN3O3/c1-8(2)16-12(18)11(13)10(6-14-16)15-9(4-5-17)7-19-3/h6,8-9,15,17H,4-5,7H2,1-3H3. The predicted molar refractivity (Wildman–Crippen MR) is 74.9 cm³/mol. The zero-order valence-electron chi connectivity index (χ0n) is 11.4. The van der Waals surface area contributed by atoms with Crippen LogP contribution in [0.3, 0.4) is 0 Å². The highest BCUT2D eigenvalue weighted by Gasteiger charge is 2.14. The van der Waals surface area contributed by atoms with Crippen LogP contribution in [-0.4, -0.2) is 41.3 Å². The maximum Gasteiger partial charge on any atom is 0.287 e. The monoisotopic (exact) mass is 289 g/mol. The Morgan fingerprint density at radius 1 is 1.58 bits per heavy atom. The normalized spacial score (nSPS) is 12.7. The first kappa shape index (κ1) is 15.9. The highest BCUT2D eigenvalue weighted by Crippen LogP contribution is 2.18. The van der Waals surface area contributed by atoms with Gasteiger partial charge in [-0.25, -0.2) is 4.68 Å². The summed E-state index contributed by atoms with van der Waals surface area (Å²) >= 11 is 6.05. The maximum atomic E-state index is 12.0. The average molecular weight is 290 g/mol. The summed E-state index contributed by atoms with van der Waals surface area (Å²) in [4.78, 5) is 12.0. The third-order valence-corrected chi connectivity index (χ3v) is 3.00. The van der Waals surface area contributed by atoms with E-state index in [0.717, 1.165) is 0 Å². The number of aromatic nitrogens is 2. The van der Waals surface area contributed by atoms with E-state index in [1.165, 1.54) is 10.9 Å². The van der Waals surface area contributed by atoms with Crippen molar-refractivity contribution >= 4 is 17.3 Å². The van der Waals surface area contributed by atoms with E-state index in [-0.39, 0.29) is 29.3 Å². The number of hydrogen-bond acceptors (Lipinski definition) is 5. The lowest BCUT2D eigenvalue weighted by Gasteiger charge is -2.19. The lowest BCUT2D eigenvalue weighted by molar-refractivity contribution is 0.170. The average Bonchev–Trinajstić information content (AvgIpc) is 2.35. The molecule has 1 heterocycles. The second kappa shape index (κ2) is 7.47. The first-order chi connectivity index (χ1) is 9.01. The molecule has 0 aliphatic rings. The molecule has 1 aromatic rings. The summed E-state index contributed by atoms with van der Waals surface area (Å²) in [6.45, 7) is 4.15. The van der Waals surface area contributed by atoms with Gasteiger partial charge in [0.15, 0.2) is 0 Å². The van der Waals surface area contributed by atoms with Gasteiger partial charge >= 0.3 is 0 Å². The molecule has 1 aromatic heterocycles. The molecule has 0 saturated heterocycles. The summed E-state index contributed by atoms with van der Waals surface area (Å²) in [6.07, 6.45) is 2.02. The molecular formula is C12H20ClN3O3. The van der Waals surface area contributed by atoms with Crippen molar-refractivity contribution in [3.05, 3.63) is 21.6 Å². The molecule has 7 heteroatoms. The van der Waals surface area contributed by atoms with Crippen LogP contribution < -0.4 is 10.9 Å². The predicted octanol–water partition coefficient (Wildman–Crippen LogP) is 1.29. The topological polar surface area (TPSA) is 76.4 Å². The van der Waals surface area contributed by atoms with Crippen LogP contribution in [0.5, 0.6) is 0 Å². The van der Waals surface area contributed by atoms with E-state index in [4.69, 9.17) is 21.4 Å². The van der Waals surface area contributed by atoms with E-state index >= 15 is 0 Å². The molecule has 2 N–H and O–H groups in total. The van der Waals surface area contributed by atoms with E-state index < -0.39 is 0 Å². The van der Waals surface area contributed by atoms with Crippen molar-refractivity contribution in [1.29, 1.82) is 0 Å². The minimum atomic E-state index is -0.332. The molecule has 1 atom stereocenters. The number of aliphatic hydroxyl groups is 1. The van der Waals surface area contributed by atoms with Crippen molar-refractivity contribution in [3.63, 3.8) is 0 Å². The molecular weight excluding hydrogens is 270 g/mol. The van der Waals surface area contributed by atoms with Crippen molar-refractivity contribution in [2.45, 2.75) is 32.4 Å². The Kier molecular flexibility index (Phi) is 6.27. The van der Waals surface area contributed by atoms with Gasteiger partial charge in [-0.15, -0.1) is 0 Å². The van der Waals surface area contributed by atoms with Crippen LogP contribution >= 0.6 is 11.6 Å². The van der Waals surface area contributed by atoms with Crippen molar-refractivity contribution < 1.29 is 9.84 Å². The van der Waals surface area contributed by atoms with Crippen LogP contribution in [0.1, 0.15) is 26.3 Å². The van der Waals surface area contributed by atoms with Gasteiger partial charge in [-0.2, -0.15) is 5.10 Å². The van der Waals surface area contributed by atoms with Crippen molar-refractivity contribution in [2.75, 3.05) is 25.6 Å². The molecule has 0 saturated carbocycles. The summed E-state index contributed by atoms with van der Waals surface area (Å²) in [5, 5.41) is 16.2. The van der Waals surface area contributed by atoms with Gasteiger partial charge in [-0.3, -0.25) is 4.79 Å². The molecule has 1 unspecified atom stereocenters. The molecule has 0 amide bonds. The Bertz CT molecular complexity index is 456. The van der Waals surface area contributed by atoms with Crippen molar-refractivity contribution in [1.82, 2.24) is 9.78 Å². The molecule has 0 fully saturated rings. The van der Waals surface area contributed by atoms with E-state index in [2.05, 4.69) is 10.4 Å². The van der Waals surface area contributed by atoms with E-state index in [1.54, 1.807) is 7.11 Å². The molecule has 19 heavy (non-hydrogen) atoms. The molecule has 0 aliphatic heterocycles. The Morgan fingerprint density at radius 3 is 2.79 bits per heavy atom. The number of nitrogens with zero attached hydrogens (tertiary/aromatic N) is 2. The van der Waals surface area contributed by atoms with Gasteiger partial charge in [0.1, 0.15) is 5.02 Å². The quantitative estimate of drug-likeness (QED) is 0.791. The number of halogens is 1. The van der Waals surface area contributed by atoms with Gasteiger partial charge in [-0.05, 0) is 20.3 Å². The van der Waals surface area contributed by atoms with Crippen LogP contribution in [0, 0.1) is 0 Å². The number of anilines is 1. The minimum Gasteiger partial charge on any atom is -0.396 e. The van der Waals surface area contributed by atoms with Crippen LogP contribution in [0.15, 0.2) is 11.0 Å². The van der Waals surface area contributed by atoms with Gasteiger partial charge in [0, 0.05) is 13.7 Å². The van der Waals surface area contributed by atoms with Crippen molar-refractivity contribution in [2.24, 2.45) is 0 Å². The number of hydrogen-bond donors (Lipinski definition) is 2. The molecule has 0 aliphatic carbocycles. The van der Waals surface area contributed by atoms with Crippen LogP contribution in [0.25, 0.3) is 0 Å². The summed E-state index contributed by atoms with van der Waals surface area (Å²) in [5.74, 6) is 0. The van der Waals surface area contributed by atoms with E-state index in [9.17, 15) is 4.79 Å². The zero-order chi connectivity index (χ0) is 14.4. The van der Waals surface area contributed by atoms with E-state index in [1.807, 2.05) is 13.8 Å². The first-order valence-electron chi connectivity index (χ1n) is 6.14. The van der Waals surface area contributed by atoms with Crippen molar-refractivity contribution in [3.8, 4) is 0 Å². The number of rotatable bonds is 7. The number of ether oxygens (including phenoxy) is 1. The Hall–Kier alpha value is -1.11. The summed E-state index contributed by atoms with van der Waals surface area (Å²) in [6, 6.07) is -0.171. The zero-order valence-corrected chi connectivity index (χ0v) is 12.1. The maximum absolute atomic E-state index is 12.0. The highest BCUT2D eigenvalue weighted by atomic mass is 35.5. The molecule has 1 rings (SSSR count). The van der Waals surface area contributed by atoms with Crippen LogP contribution in [-0.2, 0) is 4.74 Å². The third-order valence-electron chi connectivity index (χ3n) is 2.64. The minimum absolute atomic E-state index is 0.0230. The molecule has 0 radical (unpaired) electrons. The second-order valence-corrected chi connectivity index (χ2v) is 4.90. The van der Waals surface area contributed by atoms with Gasteiger partial charge in [-0.1, -0.05) is 11.6 Å². The molecule has 108 valence electrons. The Labute approximate surface area is 117 Å². The fourth-order valence-electron chi connectivity index (χ4n) is 1.69. The number of methoxy groups -OCH3 is 1. The number of aliphatic hydroxyl groups excluding tert-OH is 1. The summed E-state index contributed by atoms with van der Waals surface area (Å²) in [5.41, 5.74) is 0.126. The van der Waals surface area contributed by atoms with Gasteiger partial charge in [0.25, 0.3) is 5.56 Å². The molecule has 0 spiro atoms. The van der Waals surface area contributed by atoms with Gasteiger partial charge in [0.05, 0.1) is 30.6 Å². The number of nitrogens with one attached hydrogen (secondary N) is 1. The molecule has 0 aromatic carbocycles. The summed E-state index contributed by atoms with van der Waals surface area (Å²) < 4.78 is 6.36. The first-order valence-corrected chi connectivity index (χ1v) is 6.52.